The standard InChI is InChI=1S/C17H32F2O2S/c1-13(2)10-15(20)21-12-16(4,5)22-9-7-8-14(3)11-17(6,18)19/h13-14H,7-12H2,1-6H3. The van der Waals surface area contributed by atoms with E-state index in [4.69, 9.17) is 4.74 Å². The van der Waals surface area contributed by atoms with E-state index in [1.807, 2.05) is 34.6 Å². The van der Waals surface area contributed by atoms with Gasteiger partial charge in [-0.3, -0.25) is 4.79 Å². The molecule has 0 spiro atoms. The molecule has 0 rings (SSSR count). The van der Waals surface area contributed by atoms with Crippen LogP contribution in [0, 0.1) is 11.8 Å². The minimum Gasteiger partial charge on any atom is -0.464 e. The Bertz CT molecular complexity index is 325. The van der Waals surface area contributed by atoms with Crippen LogP contribution in [0.2, 0.25) is 0 Å². The van der Waals surface area contributed by atoms with E-state index in [2.05, 4.69) is 0 Å². The zero-order valence-corrected chi connectivity index (χ0v) is 15.7. The van der Waals surface area contributed by atoms with Crippen LogP contribution in [-0.4, -0.2) is 29.0 Å². The summed E-state index contributed by atoms with van der Waals surface area (Å²) in [5.74, 6) is -1.48. The van der Waals surface area contributed by atoms with Crippen molar-refractivity contribution in [2.75, 3.05) is 12.4 Å². The van der Waals surface area contributed by atoms with Crippen LogP contribution in [0.5, 0.6) is 0 Å². The molecule has 0 saturated carbocycles. The molecule has 0 fully saturated rings. The predicted molar refractivity (Wildman–Crippen MR) is 90.6 cm³/mol. The monoisotopic (exact) mass is 338 g/mol. The van der Waals surface area contributed by atoms with Crippen LogP contribution in [0.15, 0.2) is 0 Å². The quantitative estimate of drug-likeness (QED) is 0.365. The van der Waals surface area contributed by atoms with Gasteiger partial charge in [0.2, 0.25) is 5.92 Å². The molecule has 1 atom stereocenters. The molecule has 0 aliphatic rings. The Morgan fingerprint density at radius 2 is 1.77 bits per heavy atom. The second-order valence-corrected chi connectivity index (χ2v) is 9.19. The number of esters is 1. The van der Waals surface area contributed by atoms with Crippen molar-refractivity contribution in [2.45, 2.75) is 77.9 Å². The first kappa shape index (κ1) is 21.7. The second-order valence-electron chi connectivity index (χ2n) is 7.39. The summed E-state index contributed by atoms with van der Waals surface area (Å²) in [6.45, 7) is 11.3. The zero-order chi connectivity index (χ0) is 17.4. The normalized spacial score (nSPS) is 14.2. The lowest BCUT2D eigenvalue weighted by Crippen LogP contribution is -2.26. The van der Waals surface area contributed by atoms with Gasteiger partial charge in [0.15, 0.2) is 0 Å². The highest BCUT2D eigenvalue weighted by molar-refractivity contribution is 8.00. The van der Waals surface area contributed by atoms with Gasteiger partial charge in [-0.2, -0.15) is 11.8 Å². The van der Waals surface area contributed by atoms with Gasteiger partial charge in [-0.05, 0) is 51.2 Å². The van der Waals surface area contributed by atoms with Gasteiger partial charge in [0.1, 0.15) is 6.61 Å². The van der Waals surface area contributed by atoms with E-state index >= 15 is 0 Å². The van der Waals surface area contributed by atoms with E-state index in [0.29, 0.717) is 18.9 Å². The molecular weight excluding hydrogens is 306 g/mol. The average molecular weight is 339 g/mol. The lowest BCUT2D eigenvalue weighted by Gasteiger charge is -2.24. The minimum atomic E-state index is -2.57. The Balaban J connectivity index is 3.86. The lowest BCUT2D eigenvalue weighted by molar-refractivity contribution is -0.145. The average Bonchev–Trinajstić information content (AvgIpc) is 2.29. The summed E-state index contributed by atoms with van der Waals surface area (Å²) < 4.78 is 30.9. The van der Waals surface area contributed by atoms with E-state index in [-0.39, 0.29) is 23.1 Å². The molecule has 0 aromatic heterocycles. The Labute approximate surface area is 138 Å². The zero-order valence-electron chi connectivity index (χ0n) is 14.9. The molecule has 1 unspecified atom stereocenters. The maximum atomic E-state index is 12.9. The Morgan fingerprint density at radius 1 is 1.18 bits per heavy atom. The number of rotatable bonds is 11. The van der Waals surface area contributed by atoms with Crippen LogP contribution < -0.4 is 0 Å². The summed E-state index contributed by atoms with van der Waals surface area (Å²) in [5, 5.41) is 0. The highest BCUT2D eigenvalue weighted by Crippen LogP contribution is 2.29. The SMILES string of the molecule is CC(C)CC(=O)OCC(C)(C)SCCCC(C)CC(C)(F)F. The fourth-order valence-corrected chi connectivity index (χ4v) is 3.19. The van der Waals surface area contributed by atoms with Crippen molar-refractivity contribution in [3.05, 3.63) is 0 Å². The largest absolute Gasteiger partial charge is 0.464 e. The van der Waals surface area contributed by atoms with Crippen LogP contribution in [0.3, 0.4) is 0 Å². The number of hydrogen-bond donors (Lipinski definition) is 0. The predicted octanol–water partition coefficient (Wildman–Crippen LogP) is 5.55. The van der Waals surface area contributed by atoms with Crippen LogP contribution in [0.4, 0.5) is 8.78 Å². The summed E-state index contributed by atoms with van der Waals surface area (Å²) in [6, 6.07) is 0. The number of alkyl halides is 2. The summed E-state index contributed by atoms with van der Waals surface area (Å²) in [5.41, 5.74) is 0. The molecule has 0 aliphatic carbocycles. The van der Waals surface area contributed by atoms with Crippen LogP contribution in [0.25, 0.3) is 0 Å². The van der Waals surface area contributed by atoms with Crippen molar-refractivity contribution in [2.24, 2.45) is 11.8 Å². The molecule has 22 heavy (non-hydrogen) atoms. The van der Waals surface area contributed by atoms with Gasteiger partial charge < -0.3 is 4.74 Å². The molecule has 0 aliphatic heterocycles. The van der Waals surface area contributed by atoms with Gasteiger partial charge in [-0.1, -0.05) is 20.8 Å². The first-order valence-corrected chi connectivity index (χ1v) is 9.07. The number of ether oxygens (including phenoxy) is 1. The van der Waals surface area contributed by atoms with Gasteiger partial charge in [-0.25, -0.2) is 8.78 Å². The van der Waals surface area contributed by atoms with E-state index in [1.54, 1.807) is 11.8 Å². The van der Waals surface area contributed by atoms with Crippen molar-refractivity contribution in [1.82, 2.24) is 0 Å². The van der Waals surface area contributed by atoms with Crippen molar-refractivity contribution in [3.8, 4) is 0 Å². The molecule has 5 heteroatoms. The highest BCUT2D eigenvalue weighted by Gasteiger charge is 2.25. The van der Waals surface area contributed by atoms with Gasteiger partial charge >= 0.3 is 5.97 Å². The van der Waals surface area contributed by atoms with Crippen molar-refractivity contribution in [3.63, 3.8) is 0 Å². The molecule has 0 amide bonds. The molecular formula is C17H32F2O2S. The van der Waals surface area contributed by atoms with Crippen LogP contribution >= 0.6 is 11.8 Å². The smallest absolute Gasteiger partial charge is 0.306 e. The topological polar surface area (TPSA) is 26.3 Å². The fraction of sp³-hybridized carbons (Fsp3) is 0.941. The van der Waals surface area contributed by atoms with Crippen molar-refractivity contribution >= 4 is 17.7 Å². The number of halogens is 2. The number of hydrogen-bond acceptors (Lipinski definition) is 3. The van der Waals surface area contributed by atoms with E-state index in [1.165, 1.54) is 0 Å². The third-order valence-electron chi connectivity index (χ3n) is 3.20. The summed E-state index contributed by atoms with van der Waals surface area (Å²) in [6.07, 6.45) is 2.11. The molecule has 0 aromatic rings. The Morgan fingerprint density at radius 3 is 2.27 bits per heavy atom. The minimum absolute atomic E-state index is 0.0348. The van der Waals surface area contributed by atoms with Crippen LogP contribution in [-0.2, 0) is 9.53 Å². The maximum absolute atomic E-state index is 12.9. The van der Waals surface area contributed by atoms with E-state index in [0.717, 1.165) is 25.5 Å². The molecule has 0 bridgehead atoms. The van der Waals surface area contributed by atoms with Gasteiger partial charge in [0.05, 0.1) is 0 Å². The van der Waals surface area contributed by atoms with Crippen molar-refractivity contribution < 1.29 is 18.3 Å². The van der Waals surface area contributed by atoms with Gasteiger partial charge in [-0.15, -0.1) is 0 Å². The third kappa shape index (κ3) is 13.4. The molecule has 0 aromatic carbocycles. The van der Waals surface area contributed by atoms with Gasteiger partial charge in [0.25, 0.3) is 0 Å². The van der Waals surface area contributed by atoms with E-state index in [9.17, 15) is 13.6 Å². The summed E-state index contributed by atoms with van der Waals surface area (Å²) in [4.78, 5) is 11.5. The number of thioether (sulfide) groups is 1. The molecule has 0 saturated heterocycles. The molecule has 0 heterocycles. The first-order chi connectivity index (χ1) is 9.91. The molecule has 2 nitrogen and oxygen atoms in total. The maximum Gasteiger partial charge on any atom is 0.306 e. The van der Waals surface area contributed by atoms with E-state index < -0.39 is 5.92 Å². The number of carbonyl (C=O) groups is 1. The lowest BCUT2D eigenvalue weighted by atomic mass is 9.99. The summed E-state index contributed by atoms with van der Waals surface area (Å²) >= 11 is 1.73. The molecule has 132 valence electrons. The summed E-state index contributed by atoms with van der Waals surface area (Å²) in [7, 11) is 0. The highest BCUT2D eigenvalue weighted by atomic mass is 32.2. The number of carbonyl (C=O) groups excluding carboxylic acids is 1. The Kier molecular flexibility index (Phi) is 9.60. The fourth-order valence-electron chi connectivity index (χ4n) is 2.18. The first-order valence-electron chi connectivity index (χ1n) is 8.09. The van der Waals surface area contributed by atoms with Crippen molar-refractivity contribution in [1.29, 1.82) is 0 Å². The third-order valence-corrected chi connectivity index (χ3v) is 4.59. The molecule has 0 N–H and O–H groups in total. The van der Waals surface area contributed by atoms with Gasteiger partial charge in [0, 0.05) is 17.6 Å². The molecule has 0 radical (unpaired) electrons. The second kappa shape index (κ2) is 9.74. The Hall–Kier alpha value is -0.320. The van der Waals surface area contributed by atoms with Crippen LogP contribution in [0.1, 0.15) is 67.2 Å².